The number of methoxy groups -OCH3 is 2. The van der Waals surface area contributed by atoms with Gasteiger partial charge in [0.25, 0.3) is 0 Å². The molecule has 0 fully saturated rings. The van der Waals surface area contributed by atoms with E-state index >= 15 is 0 Å². The van der Waals surface area contributed by atoms with Gasteiger partial charge in [0.1, 0.15) is 5.75 Å². The number of rotatable bonds is 6. The van der Waals surface area contributed by atoms with Gasteiger partial charge in [0, 0.05) is 23.4 Å². The summed E-state index contributed by atoms with van der Waals surface area (Å²) in [5.74, 6) is -0.0989. The maximum absolute atomic E-state index is 13.7. The molecule has 0 saturated heterocycles. The van der Waals surface area contributed by atoms with Gasteiger partial charge in [-0.3, -0.25) is 4.79 Å². The molecule has 2 atom stereocenters. The monoisotopic (exact) mass is 598 g/mol. The number of nitriles is 1. The van der Waals surface area contributed by atoms with Crippen LogP contribution in [0.5, 0.6) is 17.2 Å². The van der Waals surface area contributed by atoms with Crippen molar-refractivity contribution in [3.8, 4) is 23.3 Å². The van der Waals surface area contributed by atoms with Crippen LogP contribution in [0.15, 0.2) is 93.7 Å². The van der Waals surface area contributed by atoms with Gasteiger partial charge in [-0.05, 0) is 76.7 Å². The number of esters is 1. The molecular weight excluding hydrogens is 572 g/mol. The van der Waals surface area contributed by atoms with Gasteiger partial charge in [-0.2, -0.15) is 5.26 Å². The molecule has 7 nitrogen and oxygen atoms in total. The number of dihydropyridines is 1. The fourth-order valence-electron chi connectivity index (χ4n) is 5.39. The molecule has 3 aromatic rings. The zero-order valence-electron chi connectivity index (χ0n) is 22.3. The van der Waals surface area contributed by atoms with E-state index in [1.54, 1.807) is 36.4 Å². The van der Waals surface area contributed by atoms with Crippen molar-refractivity contribution < 1.29 is 23.8 Å². The molecular formula is C32H27BrN2O5. The second kappa shape index (κ2) is 11.4. The number of nitrogens with zero attached hydrogens (tertiary/aromatic N) is 1. The molecule has 8 heteroatoms. The van der Waals surface area contributed by atoms with Gasteiger partial charge >= 0.3 is 5.97 Å². The first-order valence-corrected chi connectivity index (χ1v) is 13.6. The Hall–Kier alpha value is -4.35. The molecule has 0 radical (unpaired) electrons. The number of carbonyl (C=O) groups excluding carboxylic acids is 2. The Bertz CT molecular complexity index is 1600. The van der Waals surface area contributed by atoms with Gasteiger partial charge in [0.15, 0.2) is 17.3 Å². The Morgan fingerprint density at radius 1 is 1.00 bits per heavy atom. The van der Waals surface area contributed by atoms with E-state index in [9.17, 15) is 14.9 Å². The van der Waals surface area contributed by atoms with Gasteiger partial charge in [-0.25, -0.2) is 4.79 Å². The zero-order valence-corrected chi connectivity index (χ0v) is 23.9. The summed E-state index contributed by atoms with van der Waals surface area (Å²) in [6, 6.07) is 22.5. The average Bonchev–Trinajstić information content (AvgIpc) is 2.97. The molecule has 1 N–H and O–H groups in total. The van der Waals surface area contributed by atoms with Crippen LogP contribution in [0.3, 0.4) is 0 Å². The number of hydrogen-bond acceptors (Lipinski definition) is 7. The van der Waals surface area contributed by atoms with E-state index in [1.165, 1.54) is 14.2 Å². The molecule has 2 unspecified atom stereocenters. The van der Waals surface area contributed by atoms with Crippen molar-refractivity contribution in [3.05, 3.63) is 110 Å². The van der Waals surface area contributed by atoms with Gasteiger partial charge in [0.2, 0.25) is 0 Å². The first-order chi connectivity index (χ1) is 19.3. The SMILES string of the molecule is COc1cccc(C(=O)Oc2c(Br)cc(C3C(C#N)=C(C)NC4=C3C(=O)CC(c3ccccc3)C4)cc2OC)c1. The summed E-state index contributed by atoms with van der Waals surface area (Å²) in [6.07, 6.45) is 1.01. The van der Waals surface area contributed by atoms with E-state index in [1.807, 2.05) is 37.3 Å². The van der Waals surface area contributed by atoms with Gasteiger partial charge in [0.05, 0.1) is 41.8 Å². The van der Waals surface area contributed by atoms with Gasteiger partial charge in [-0.1, -0.05) is 36.4 Å². The lowest BCUT2D eigenvalue weighted by Crippen LogP contribution is -2.33. The van der Waals surface area contributed by atoms with E-state index in [-0.39, 0.29) is 17.5 Å². The van der Waals surface area contributed by atoms with Crippen LogP contribution in [0.1, 0.15) is 53.1 Å². The molecule has 3 aromatic carbocycles. The Labute approximate surface area is 241 Å². The predicted octanol–water partition coefficient (Wildman–Crippen LogP) is 6.57. The lowest BCUT2D eigenvalue weighted by molar-refractivity contribution is -0.116. The second-order valence-electron chi connectivity index (χ2n) is 9.70. The topological polar surface area (TPSA) is 97.6 Å². The third kappa shape index (κ3) is 5.13. The van der Waals surface area contributed by atoms with Crippen LogP contribution in [-0.4, -0.2) is 26.0 Å². The Kier molecular flexibility index (Phi) is 7.76. The summed E-state index contributed by atoms with van der Waals surface area (Å²) >= 11 is 3.54. The molecule has 2 aliphatic rings. The fourth-order valence-corrected chi connectivity index (χ4v) is 5.93. The predicted molar refractivity (Wildman–Crippen MR) is 153 cm³/mol. The number of carbonyl (C=O) groups is 2. The van der Waals surface area contributed by atoms with Crippen LogP contribution in [0.4, 0.5) is 0 Å². The standard InChI is InChI=1S/C32H27BrN2O5/c1-18-24(17-34)29(30-26(35-18)14-21(15-27(30)36)19-8-5-4-6-9-19)22-13-25(33)31(28(16-22)39-3)40-32(37)20-10-7-11-23(12-20)38-2/h4-13,16,21,29,35H,14-15H2,1-3H3. The second-order valence-corrected chi connectivity index (χ2v) is 10.5. The van der Waals surface area contributed by atoms with E-state index in [4.69, 9.17) is 14.2 Å². The van der Waals surface area contributed by atoms with E-state index in [0.717, 1.165) is 11.3 Å². The first kappa shape index (κ1) is 27.2. The maximum atomic E-state index is 13.7. The number of ether oxygens (including phenoxy) is 3. The van der Waals surface area contributed by atoms with Crippen molar-refractivity contribution >= 4 is 27.7 Å². The van der Waals surface area contributed by atoms with Crippen LogP contribution in [0, 0.1) is 11.3 Å². The lowest BCUT2D eigenvalue weighted by atomic mass is 9.72. The molecule has 1 aliphatic carbocycles. The van der Waals surface area contributed by atoms with Gasteiger partial charge < -0.3 is 19.5 Å². The first-order valence-electron chi connectivity index (χ1n) is 12.8. The lowest BCUT2D eigenvalue weighted by Gasteiger charge is -2.36. The molecule has 0 amide bonds. The van der Waals surface area contributed by atoms with Gasteiger partial charge in [-0.15, -0.1) is 0 Å². The van der Waals surface area contributed by atoms with Crippen LogP contribution >= 0.6 is 15.9 Å². The number of hydrogen-bond donors (Lipinski definition) is 1. The molecule has 1 aliphatic heterocycles. The molecule has 0 saturated carbocycles. The summed E-state index contributed by atoms with van der Waals surface area (Å²) in [6.45, 7) is 1.85. The molecule has 0 bridgehead atoms. The van der Waals surface area contributed by atoms with E-state index in [0.29, 0.717) is 56.8 Å². The highest BCUT2D eigenvalue weighted by Crippen LogP contribution is 2.48. The van der Waals surface area contributed by atoms with Crippen molar-refractivity contribution in [3.63, 3.8) is 0 Å². The summed E-state index contributed by atoms with van der Waals surface area (Å²) in [5.41, 5.74) is 4.69. The molecule has 1 heterocycles. The number of benzene rings is 3. The third-order valence-corrected chi connectivity index (χ3v) is 7.89. The summed E-state index contributed by atoms with van der Waals surface area (Å²) in [7, 11) is 3.00. The average molecular weight is 599 g/mol. The smallest absolute Gasteiger partial charge is 0.343 e. The Morgan fingerprint density at radius 3 is 2.48 bits per heavy atom. The number of nitrogens with one attached hydrogen (secondary N) is 1. The highest BCUT2D eigenvalue weighted by molar-refractivity contribution is 9.10. The van der Waals surface area contributed by atoms with E-state index in [2.05, 4.69) is 27.3 Å². The summed E-state index contributed by atoms with van der Waals surface area (Å²) in [4.78, 5) is 26.6. The van der Waals surface area contributed by atoms with Crippen LogP contribution in [0.2, 0.25) is 0 Å². The molecule has 0 spiro atoms. The molecule has 40 heavy (non-hydrogen) atoms. The molecule has 5 rings (SSSR count). The number of Topliss-reactive ketones (excluding diaryl/α,β-unsaturated/α-hetero) is 1. The van der Waals surface area contributed by atoms with Crippen LogP contribution in [0.25, 0.3) is 0 Å². The number of ketones is 1. The third-order valence-electron chi connectivity index (χ3n) is 7.30. The van der Waals surface area contributed by atoms with Crippen molar-refractivity contribution in [2.24, 2.45) is 0 Å². The minimum Gasteiger partial charge on any atom is -0.497 e. The maximum Gasteiger partial charge on any atom is 0.343 e. The van der Waals surface area contributed by atoms with Crippen molar-refractivity contribution in [2.75, 3.05) is 14.2 Å². The molecule has 202 valence electrons. The Balaban J connectivity index is 1.53. The Morgan fingerprint density at radius 2 is 1.77 bits per heavy atom. The number of halogens is 1. The number of allylic oxidation sites excluding steroid dienone is 4. The van der Waals surface area contributed by atoms with Crippen molar-refractivity contribution in [1.29, 1.82) is 5.26 Å². The van der Waals surface area contributed by atoms with Crippen molar-refractivity contribution in [2.45, 2.75) is 31.6 Å². The largest absolute Gasteiger partial charge is 0.497 e. The van der Waals surface area contributed by atoms with Crippen LogP contribution in [-0.2, 0) is 4.79 Å². The minimum atomic E-state index is -0.584. The van der Waals surface area contributed by atoms with E-state index < -0.39 is 11.9 Å². The highest BCUT2D eigenvalue weighted by Gasteiger charge is 2.39. The fraction of sp³-hybridized carbons (Fsp3) is 0.219. The van der Waals surface area contributed by atoms with Crippen LogP contribution < -0.4 is 19.5 Å². The summed E-state index contributed by atoms with van der Waals surface area (Å²) in [5, 5.41) is 13.5. The molecule has 0 aromatic heterocycles. The summed E-state index contributed by atoms with van der Waals surface area (Å²) < 4.78 is 17.0. The minimum absolute atomic E-state index is 0.00327. The highest BCUT2D eigenvalue weighted by atomic mass is 79.9. The van der Waals surface area contributed by atoms with Crippen molar-refractivity contribution in [1.82, 2.24) is 5.32 Å². The quantitative estimate of drug-likeness (QED) is 0.253. The zero-order chi connectivity index (χ0) is 28.4. The normalized spacial score (nSPS) is 18.4.